The van der Waals surface area contributed by atoms with Crippen LogP contribution in [0.1, 0.15) is 0 Å². The number of halogens is 6. The molecule has 0 aliphatic heterocycles. The Morgan fingerprint density at radius 2 is 1.50 bits per heavy atom. The van der Waals surface area contributed by atoms with Crippen molar-refractivity contribution in [2.45, 2.75) is 12.1 Å². The summed E-state index contributed by atoms with van der Waals surface area (Å²) in [6, 6.07) is 5.52. The van der Waals surface area contributed by atoms with Crippen LogP contribution in [0.15, 0.2) is 28.7 Å². The van der Waals surface area contributed by atoms with Gasteiger partial charge < -0.3 is 4.74 Å². The van der Waals surface area contributed by atoms with Crippen LogP contribution in [0.3, 0.4) is 0 Å². The number of rotatable bonds is 3. The number of ether oxygens (including phenoxy) is 1. The molecular weight excluding hydrogens is 299 g/mol. The Morgan fingerprint density at radius 1 is 1.00 bits per heavy atom. The zero-order valence-electron chi connectivity index (χ0n) is 7.69. The third kappa shape index (κ3) is 3.33. The predicted octanol–water partition coefficient (Wildman–Crippen LogP) is 4.03. The minimum absolute atomic E-state index is 0.0490. The molecule has 0 atom stereocenters. The Kier molecular flexibility index (Phi) is 3.77. The molecule has 1 rings (SSSR count). The molecule has 7 heteroatoms. The zero-order chi connectivity index (χ0) is 12.4. The summed E-state index contributed by atoms with van der Waals surface area (Å²) in [5.41, 5.74) is 0. The van der Waals surface area contributed by atoms with E-state index in [1.165, 1.54) is 24.3 Å². The van der Waals surface area contributed by atoms with Crippen molar-refractivity contribution in [3.05, 3.63) is 28.7 Å². The van der Waals surface area contributed by atoms with Crippen molar-refractivity contribution in [2.24, 2.45) is 0 Å². The van der Waals surface area contributed by atoms with E-state index in [2.05, 4.69) is 20.7 Å². The first kappa shape index (κ1) is 13.2. The van der Waals surface area contributed by atoms with Crippen molar-refractivity contribution < 1.29 is 26.7 Å². The topological polar surface area (TPSA) is 9.23 Å². The van der Waals surface area contributed by atoms with Crippen LogP contribution in [0.25, 0.3) is 0 Å². The molecule has 0 N–H and O–H groups in total. The van der Waals surface area contributed by atoms with Gasteiger partial charge in [0.1, 0.15) is 5.75 Å². The summed E-state index contributed by atoms with van der Waals surface area (Å²) < 4.78 is 65.2. The summed E-state index contributed by atoms with van der Waals surface area (Å²) in [6.07, 6.45) is -5.59. The fraction of sp³-hybridized carbons (Fsp3) is 0.333. The van der Waals surface area contributed by atoms with Crippen molar-refractivity contribution in [1.82, 2.24) is 0 Å². The van der Waals surface area contributed by atoms with Gasteiger partial charge in [-0.3, -0.25) is 0 Å². The Balaban J connectivity index is 2.61. The largest absolute Gasteiger partial charge is 0.487 e. The molecule has 1 nitrogen and oxygen atoms in total. The molecule has 0 aromatic heterocycles. The summed E-state index contributed by atoms with van der Waals surface area (Å²) in [6.45, 7) is -1.72. The molecule has 1 aromatic carbocycles. The summed E-state index contributed by atoms with van der Waals surface area (Å²) in [5, 5.41) is 0. The molecule has 0 amide bonds. The SMILES string of the molecule is FC(F)(F)C(F)(F)COc1ccc(Br)cc1. The Bertz CT molecular complexity index is 346. The molecule has 0 aliphatic rings. The predicted molar refractivity (Wildman–Crippen MR) is 50.6 cm³/mol. The van der Waals surface area contributed by atoms with Crippen molar-refractivity contribution in [1.29, 1.82) is 0 Å². The lowest BCUT2D eigenvalue weighted by Crippen LogP contribution is -2.41. The number of hydrogen-bond donors (Lipinski definition) is 0. The first-order valence-electron chi connectivity index (χ1n) is 4.05. The van der Waals surface area contributed by atoms with E-state index in [4.69, 9.17) is 0 Å². The Labute approximate surface area is 96.3 Å². The van der Waals surface area contributed by atoms with Crippen LogP contribution in [0.4, 0.5) is 22.0 Å². The standard InChI is InChI=1S/C9H6BrF5O/c10-6-1-3-7(4-2-6)16-5-8(11,12)9(13,14)15/h1-4H,5H2. The summed E-state index contributed by atoms with van der Waals surface area (Å²) >= 11 is 3.08. The average molecular weight is 305 g/mol. The highest BCUT2D eigenvalue weighted by atomic mass is 79.9. The quantitative estimate of drug-likeness (QED) is 0.766. The summed E-state index contributed by atoms with van der Waals surface area (Å²) in [5.74, 6) is -4.90. The monoisotopic (exact) mass is 304 g/mol. The molecule has 0 heterocycles. The van der Waals surface area contributed by atoms with E-state index >= 15 is 0 Å². The van der Waals surface area contributed by atoms with Crippen LogP contribution in [0.2, 0.25) is 0 Å². The minimum Gasteiger partial charge on any atom is -0.487 e. The van der Waals surface area contributed by atoms with Gasteiger partial charge in [0.05, 0.1) is 0 Å². The molecule has 0 radical (unpaired) electrons. The molecule has 90 valence electrons. The second-order valence-electron chi connectivity index (χ2n) is 2.94. The van der Waals surface area contributed by atoms with Crippen molar-refractivity contribution in [3.8, 4) is 5.75 Å². The van der Waals surface area contributed by atoms with E-state index in [0.717, 1.165) is 0 Å². The second-order valence-corrected chi connectivity index (χ2v) is 3.86. The van der Waals surface area contributed by atoms with Gasteiger partial charge in [-0.15, -0.1) is 0 Å². The van der Waals surface area contributed by atoms with Crippen molar-refractivity contribution in [3.63, 3.8) is 0 Å². The third-order valence-electron chi connectivity index (χ3n) is 1.65. The van der Waals surface area contributed by atoms with Crippen LogP contribution in [-0.2, 0) is 0 Å². The van der Waals surface area contributed by atoms with Gasteiger partial charge >= 0.3 is 12.1 Å². The van der Waals surface area contributed by atoms with E-state index < -0.39 is 18.7 Å². The maximum atomic E-state index is 12.4. The van der Waals surface area contributed by atoms with Gasteiger partial charge in [0.25, 0.3) is 0 Å². The maximum absolute atomic E-state index is 12.4. The molecular formula is C9H6BrF5O. The van der Waals surface area contributed by atoms with E-state index in [1.54, 1.807) is 0 Å². The van der Waals surface area contributed by atoms with Gasteiger partial charge in [-0.2, -0.15) is 22.0 Å². The molecule has 0 bridgehead atoms. The number of hydrogen-bond acceptors (Lipinski definition) is 1. The average Bonchev–Trinajstić information content (AvgIpc) is 2.15. The van der Waals surface area contributed by atoms with Crippen molar-refractivity contribution >= 4 is 15.9 Å². The van der Waals surface area contributed by atoms with Crippen LogP contribution in [0, 0.1) is 0 Å². The molecule has 0 unspecified atom stereocenters. The van der Waals surface area contributed by atoms with E-state index in [0.29, 0.717) is 4.47 Å². The van der Waals surface area contributed by atoms with Crippen LogP contribution in [0.5, 0.6) is 5.75 Å². The summed E-state index contributed by atoms with van der Waals surface area (Å²) in [7, 11) is 0. The van der Waals surface area contributed by atoms with E-state index in [-0.39, 0.29) is 5.75 Å². The third-order valence-corrected chi connectivity index (χ3v) is 2.18. The van der Waals surface area contributed by atoms with Crippen LogP contribution in [-0.4, -0.2) is 18.7 Å². The number of benzene rings is 1. The van der Waals surface area contributed by atoms with E-state index in [1.807, 2.05) is 0 Å². The smallest absolute Gasteiger partial charge is 0.456 e. The van der Waals surface area contributed by atoms with Crippen LogP contribution < -0.4 is 4.74 Å². The van der Waals surface area contributed by atoms with Gasteiger partial charge in [0.2, 0.25) is 0 Å². The van der Waals surface area contributed by atoms with Crippen LogP contribution >= 0.6 is 15.9 Å². The molecule has 1 aromatic rings. The maximum Gasteiger partial charge on any atom is 0.456 e. The lowest BCUT2D eigenvalue weighted by molar-refractivity contribution is -0.290. The molecule has 0 saturated carbocycles. The lowest BCUT2D eigenvalue weighted by atomic mass is 10.3. The highest BCUT2D eigenvalue weighted by Gasteiger charge is 2.58. The van der Waals surface area contributed by atoms with Crippen molar-refractivity contribution in [2.75, 3.05) is 6.61 Å². The fourth-order valence-electron chi connectivity index (χ4n) is 0.787. The van der Waals surface area contributed by atoms with Gasteiger partial charge in [-0.1, -0.05) is 15.9 Å². The highest BCUT2D eigenvalue weighted by molar-refractivity contribution is 9.10. The number of alkyl halides is 5. The van der Waals surface area contributed by atoms with E-state index in [9.17, 15) is 22.0 Å². The first-order valence-corrected chi connectivity index (χ1v) is 4.84. The molecule has 0 spiro atoms. The fourth-order valence-corrected chi connectivity index (χ4v) is 1.05. The Morgan fingerprint density at radius 3 is 1.94 bits per heavy atom. The van der Waals surface area contributed by atoms with Gasteiger partial charge in [0, 0.05) is 4.47 Å². The molecule has 0 fully saturated rings. The summed E-state index contributed by atoms with van der Waals surface area (Å²) in [4.78, 5) is 0. The first-order chi connectivity index (χ1) is 7.22. The lowest BCUT2D eigenvalue weighted by Gasteiger charge is -2.19. The van der Waals surface area contributed by atoms with Gasteiger partial charge in [-0.25, -0.2) is 0 Å². The van der Waals surface area contributed by atoms with Gasteiger partial charge in [-0.05, 0) is 24.3 Å². The molecule has 0 saturated heterocycles. The highest BCUT2D eigenvalue weighted by Crippen LogP contribution is 2.35. The zero-order valence-corrected chi connectivity index (χ0v) is 9.28. The molecule has 0 aliphatic carbocycles. The normalized spacial score (nSPS) is 12.6. The van der Waals surface area contributed by atoms with Gasteiger partial charge in [0.15, 0.2) is 6.61 Å². The second kappa shape index (κ2) is 4.57. The molecule has 16 heavy (non-hydrogen) atoms. The Hall–Kier alpha value is -0.850. The minimum atomic E-state index is -5.59.